The topological polar surface area (TPSA) is 208 Å². The number of rotatable bonds is 13. The highest BCUT2D eigenvalue weighted by Crippen LogP contribution is 2.29. The average Bonchev–Trinajstić information content (AvgIpc) is 3.48. The molecule has 4 rings (SSSR count). The first-order valence-electron chi connectivity index (χ1n) is 15.3. The van der Waals surface area contributed by atoms with E-state index in [1.165, 1.54) is 44.2 Å². The molecule has 0 aliphatic heterocycles. The van der Waals surface area contributed by atoms with Gasteiger partial charge in [0.15, 0.2) is 0 Å². The van der Waals surface area contributed by atoms with E-state index in [0.717, 1.165) is 29.7 Å². The Morgan fingerprint density at radius 3 is 2.31 bits per heavy atom. The molecule has 1 aliphatic rings. The van der Waals surface area contributed by atoms with Gasteiger partial charge in [-0.1, -0.05) is 62.4 Å². The lowest BCUT2D eigenvalue weighted by atomic mass is 9.85. The van der Waals surface area contributed by atoms with Gasteiger partial charge in [-0.3, -0.25) is 4.79 Å². The lowest BCUT2D eigenvalue weighted by Gasteiger charge is -2.25. The Bertz CT molecular complexity index is 1370. The Hall–Kier alpha value is -3.65. The largest absolute Gasteiger partial charge is 0.478 e. The fourth-order valence-corrected chi connectivity index (χ4v) is 5.38. The number of amides is 1. The highest BCUT2D eigenvalue weighted by molar-refractivity contribution is 6.04. The zero-order chi connectivity index (χ0) is 32.9. The number of aromatic amines is 1. The zero-order valence-electron chi connectivity index (χ0n) is 25.8. The van der Waals surface area contributed by atoms with Gasteiger partial charge in [-0.2, -0.15) is 0 Å². The van der Waals surface area contributed by atoms with Crippen molar-refractivity contribution in [1.29, 1.82) is 0 Å². The van der Waals surface area contributed by atoms with Crippen molar-refractivity contribution in [1.82, 2.24) is 15.3 Å². The van der Waals surface area contributed by atoms with Crippen LogP contribution >= 0.6 is 0 Å². The van der Waals surface area contributed by atoms with Crippen LogP contribution in [0.3, 0.4) is 0 Å². The quantitative estimate of drug-likeness (QED) is 0.135. The molecule has 1 amide bonds. The second kappa shape index (κ2) is 17.7. The summed E-state index contributed by atoms with van der Waals surface area (Å²) in [5, 5.41) is 59.5. The fourth-order valence-electron chi connectivity index (χ4n) is 5.38. The van der Waals surface area contributed by atoms with Crippen molar-refractivity contribution in [3.8, 4) is 11.4 Å². The standard InChI is InChI=1S/C26H29N3O3.C7H17NO5/c1-17-8-5-6-13-21(17)24-28-22(15-14-18-9-3-2-4-10-18)23(29-24)25(30)27-20-12-7-11-19(16-20)26(31)32;1-8-2-4(10)6(12)7(13)5(11)3-9/h5-8,11-13,16,18H,2-4,9-10,14-15H2,1H3,(H,27,30)(H,28,29)(H,31,32);4-13H,2-3H2,1H3/t;4-,5+,6+,7+/m.0/s1. The van der Waals surface area contributed by atoms with Crippen LogP contribution in [0.25, 0.3) is 11.4 Å². The number of hydrogen-bond donors (Lipinski definition) is 9. The van der Waals surface area contributed by atoms with E-state index in [9.17, 15) is 19.8 Å². The summed E-state index contributed by atoms with van der Waals surface area (Å²) in [6.45, 7) is 1.46. The summed E-state index contributed by atoms with van der Waals surface area (Å²) in [5.74, 6) is 0.0152. The van der Waals surface area contributed by atoms with E-state index in [2.05, 4.69) is 20.6 Å². The molecule has 246 valence electrons. The first-order chi connectivity index (χ1) is 21.5. The molecule has 1 aliphatic carbocycles. The number of anilines is 1. The summed E-state index contributed by atoms with van der Waals surface area (Å²) in [6.07, 6.45) is 2.55. The number of likely N-dealkylation sites (N-methyl/N-ethyl adjacent to an activating group) is 1. The summed E-state index contributed by atoms with van der Waals surface area (Å²) in [4.78, 5) is 32.5. The molecule has 1 aromatic heterocycles. The number of benzene rings is 2. The Labute approximate surface area is 263 Å². The van der Waals surface area contributed by atoms with Crippen LogP contribution in [0.1, 0.15) is 70.6 Å². The summed E-state index contributed by atoms with van der Waals surface area (Å²) in [7, 11) is 1.57. The number of hydrogen-bond acceptors (Lipinski definition) is 9. The third-order valence-corrected chi connectivity index (χ3v) is 8.03. The minimum atomic E-state index is -1.55. The lowest BCUT2D eigenvalue weighted by molar-refractivity contribution is -0.113. The molecule has 0 spiro atoms. The van der Waals surface area contributed by atoms with Gasteiger partial charge in [0.05, 0.1) is 18.3 Å². The van der Waals surface area contributed by atoms with Crippen LogP contribution in [0, 0.1) is 12.8 Å². The van der Waals surface area contributed by atoms with E-state index in [1.54, 1.807) is 19.2 Å². The number of carboxylic acids is 1. The molecule has 2 aromatic carbocycles. The van der Waals surface area contributed by atoms with Crippen molar-refractivity contribution in [3.05, 3.63) is 71.0 Å². The molecule has 0 unspecified atom stereocenters. The summed E-state index contributed by atoms with van der Waals surface area (Å²) in [5.41, 5.74) is 3.83. The molecule has 1 heterocycles. The van der Waals surface area contributed by atoms with Crippen molar-refractivity contribution in [3.63, 3.8) is 0 Å². The van der Waals surface area contributed by atoms with E-state index >= 15 is 0 Å². The predicted molar refractivity (Wildman–Crippen MR) is 170 cm³/mol. The van der Waals surface area contributed by atoms with E-state index in [1.807, 2.05) is 31.2 Å². The molecular formula is C33H46N4O8. The monoisotopic (exact) mass is 626 g/mol. The first kappa shape index (κ1) is 35.8. The summed E-state index contributed by atoms with van der Waals surface area (Å²) in [6, 6.07) is 14.2. The van der Waals surface area contributed by atoms with Gasteiger partial charge in [-0.15, -0.1) is 0 Å². The van der Waals surface area contributed by atoms with Gasteiger partial charge < -0.3 is 46.3 Å². The number of H-pyrrole nitrogens is 1. The van der Waals surface area contributed by atoms with Crippen molar-refractivity contribution in [2.45, 2.75) is 76.3 Å². The molecule has 1 saturated carbocycles. The zero-order valence-corrected chi connectivity index (χ0v) is 25.8. The number of aliphatic hydroxyl groups is 5. The Morgan fingerprint density at radius 1 is 0.978 bits per heavy atom. The first-order valence-corrected chi connectivity index (χ1v) is 15.3. The molecule has 9 N–H and O–H groups in total. The number of aryl methyl sites for hydroxylation is 2. The van der Waals surface area contributed by atoms with E-state index in [4.69, 9.17) is 20.4 Å². The SMILES string of the molecule is CNC[C@H](O)[C@@H](O)[C@H](O)[C@H](O)CO.Cc1ccccc1-c1nc(C(=O)Nc2cccc(C(=O)O)c2)c(CCC2CCCCC2)[nH]1. The van der Waals surface area contributed by atoms with E-state index in [0.29, 0.717) is 23.1 Å². The minimum Gasteiger partial charge on any atom is -0.478 e. The molecule has 12 heteroatoms. The van der Waals surface area contributed by atoms with Gasteiger partial charge in [0, 0.05) is 23.5 Å². The smallest absolute Gasteiger partial charge is 0.335 e. The number of aliphatic hydroxyl groups excluding tert-OH is 5. The number of nitrogens with zero attached hydrogens (tertiary/aromatic N) is 1. The number of carbonyl (C=O) groups is 2. The van der Waals surface area contributed by atoms with Crippen LogP contribution in [0.15, 0.2) is 48.5 Å². The van der Waals surface area contributed by atoms with Gasteiger partial charge in [-0.05, 0) is 56.5 Å². The second-order valence-electron chi connectivity index (χ2n) is 11.5. The van der Waals surface area contributed by atoms with Gasteiger partial charge >= 0.3 is 5.97 Å². The van der Waals surface area contributed by atoms with Gasteiger partial charge in [-0.25, -0.2) is 9.78 Å². The number of nitrogens with one attached hydrogen (secondary N) is 3. The summed E-state index contributed by atoms with van der Waals surface area (Å²) >= 11 is 0. The van der Waals surface area contributed by atoms with Crippen LogP contribution in [-0.4, -0.2) is 97.1 Å². The number of aromatic nitrogens is 2. The van der Waals surface area contributed by atoms with Crippen molar-refractivity contribution in [2.75, 3.05) is 25.5 Å². The Kier molecular flexibility index (Phi) is 14.1. The minimum absolute atomic E-state index is 0.0936. The van der Waals surface area contributed by atoms with Crippen LogP contribution in [0.4, 0.5) is 5.69 Å². The van der Waals surface area contributed by atoms with Crippen LogP contribution in [0.5, 0.6) is 0 Å². The van der Waals surface area contributed by atoms with Gasteiger partial charge in [0.25, 0.3) is 5.91 Å². The number of imidazole rings is 1. The van der Waals surface area contributed by atoms with Crippen molar-refractivity contribution >= 4 is 17.6 Å². The van der Waals surface area contributed by atoms with Crippen molar-refractivity contribution in [2.24, 2.45) is 5.92 Å². The molecule has 12 nitrogen and oxygen atoms in total. The number of carboxylic acid groups (broad SMARTS) is 1. The summed E-state index contributed by atoms with van der Waals surface area (Å²) < 4.78 is 0. The molecular weight excluding hydrogens is 580 g/mol. The second-order valence-corrected chi connectivity index (χ2v) is 11.5. The van der Waals surface area contributed by atoms with E-state index < -0.39 is 37.0 Å². The maximum Gasteiger partial charge on any atom is 0.335 e. The molecule has 0 saturated heterocycles. The Balaban J connectivity index is 0.000000360. The maximum atomic E-state index is 13.2. The van der Waals surface area contributed by atoms with E-state index in [-0.39, 0.29) is 18.0 Å². The molecule has 4 atom stereocenters. The van der Waals surface area contributed by atoms with Crippen LogP contribution < -0.4 is 10.6 Å². The normalized spacial score (nSPS) is 16.2. The van der Waals surface area contributed by atoms with Gasteiger partial charge in [0.1, 0.15) is 29.8 Å². The third kappa shape index (κ3) is 10.5. The maximum absolute atomic E-state index is 13.2. The van der Waals surface area contributed by atoms with Crippen LogP contribution in [0.2, 0.25) is 0 Å². The number of aromatic carboxylic acids is 1. The van der Waals surface area contributed by atoms with Crippen LogP contribution in [-0.2, 0) is 6.42 Å². The predicted octanol–water partition coefficient (Wildman–Crippen LogP) is 2.49. The molecule has 1 fully saturated rings. The molecule has 0 bridgehead atoms. The highest BCUT2D eigenvalue weighted by Gasteiger charge is 2.29. The number of carbonyl (C=O) groups excluding carboxylic acids is 1. The van der Waals surface area contributed by atoms with Gasteiger partial charge in [0.2, 0.25) is 0 Å². The fraction of sp³-hybridized carbons (Fsp3) is 0.485. The highest BCUT2D eigenvalue weighted by atomic mass is 16.4. The average molecular weight is 627 g/mol. The molecule has 3 aromatic rings. The Morgan fingerprint density at radius 2 is 1.67 bits per heavy atom. The van der Waals surface area contributed by atoms with Crippen molar-refractivity contribution < 1.29 is 40.2 Å². The molecule has 0 radical (unpaired) electrons. The molecule has 45 heavy (non-hydrogen) atoms. The third-order valence-electron chi connectivity index (χ3n) is 8.03. The lowest BCUT2D eigenvalue weighted by Crippen LogP contribution is -2.48.